The second-order valence-corrected chi connectivity index (χ2v) is 6.39. The first-order chi connectivity index (χ1) is 11.1. The van der Waals surface area contributed by atoms with Gasteiger partial charge in [0, 0.05) is 6.54 Å². The molecule has 0 radical (unpaired) electrons. The molecule has 1 fully saturated rings. The smallest absolute Gasteiger partial charge is 0.304 e. The van der Waals surface area contributed by atoms with Crippen molar-refractivity contribution >= 4 is 22.6 Å². The van der Waals surface area contributed by atoms with Crippen molar-refractivity contribution in [2.45, 2.75) is 32.1 Å². The number of amides is 1. The average Bonchev–Trinajstić information content (AvgIpc) is 2.87. The normalized spacial score (nSPS) is 20.6. The minimum absolute atomic E-state index is 0.0729. The first-order valence-corrected chi connectivity index (χ1v) is 8.07. The number of aliphatic carboxylic acids is 1. The molecule has 3 rings (SSSR count). The van der Waals surface area contributed by atoms with Crippen LogP contribution in [0.5, 0.6) is 0 Å². The van der Waals surface area contributed by atoms with Crippen LogP contribution >= 0.6 is 0 Å². The van der Waals surface area contributed by atoms with Gasteiger partial charge in [0.2, 0.25) is 5.91 Å². The van der Waals surface area contributed by atoms with Crippen LogP contribution in [0.3, 0.4) is 0 Å². The molecule has 1 heterocycles. The quantitative estimate of drug-likeness (QED) is 0.861. The summed E-state index contributed by atoms with van der Waals surface area (Å²) in [5.41, 5.74) is 0.510. The lowest BCUT2D eigenvalue weighted by Gasteiger charge is -2.23. The molecule has 1 saturated heterocycles. The van der Waals surface area contributed by atoms with E-state index in [-0.39, 0.29) is 12.3 Å². The van der Waals surface area contributed by atoms with Crippen LogP contribution in [0, 0.1) is 5.41 Å². The molecule has 0 bridgehead atoms. The molecular weight excluding hydrogens is 290 g/mol. The van der Waals surface area contributed by atoms with E-state index in [0.717, 1.165) is 12.8 Å². The predicted octanol–water partition coefficient (Wildman–Crippen LogP) is 3.14. The molecule has 0 spiro atoms. The third-order valence-electron chi connectivity index (χ3n) is 4.80. The topological polar surface area (TPSA) is 66.4 Å². The van der Waals surface area contributed by atoms with Crippen LogP contribution in [0.1, 0.15) is 31.2 Å². The summed E-state index contributed by atoms with van der Waals surface area (Å²) in [4.78, 5) is 23.2. The van der Waals surface area contributed by atoms with Gasteiger partial charge in [-0.15, -0.1) is 0 Å². The Bertz CT molecular complexity index is 740. The van der Waals surface area contributed by atoms with E-state index >= 15 is 0 Å². The van der Waals surface area contributed by atoms with Gasteiger partial charge in [-0.05, 0) is 42.0 Å². The molecule has 0 saturated carbocycles. The number of carboxylic acids is 1. The van der Waals surface area contributed by atoms with E-state index in [1.165, 1.54) is 16.3 Å². The Morgan fingerprint density at radius 2 is 1.96 bits per heavy atom. The van der Waals surface area contributed by atoms with Gasteiger partial charge in [0.25, 0.3) is 0 Å². The summed E-state index contributed by atoms with van der Waals surface area (Å²) in [5.74, 6) is -0.994. The number of nitrogens with one attached hydrogen (secondary N) is 1. The van der Waals surface area contributed by atoms with E-state index in [4.69, 9.17) is 5.11 Å². The Morgan fingerprint density at radius 3 is 2.65 bits per heavy atom. The number of aryl methyl sites for hydroxylation is 1. The first kappa shape index (κ1) is 15.5. The number of carbonyl (C=O) groups excluding carboxylic acids is 1. The maximum Gasteiger partial charge on any atom is 0.304 e. The molecule has 2 N–H and O–H groups in total. The van der Waals surface area contributed by atoms with Gasteiger partial charge in [0.15, 0.2) is 0 Å². The predicted molar refractivity (Wildman–Crippen MR) is 89.2 cm³/mol. The summed E-state index contributed by atoms with van der Waals surface area (Å²) >= 11 is 0. The highest BCUT2D eigenvalue weighted by atomic mass is 16.4. The number of carbonyl (C=O) groups is 2. The Morgan fingerprint density at radius 1 is 1.17 bits per heavy atom. The second-order valence-electron chi connectivity index (χ2n) is 6.39. The SMILES string of the molecule is O=C(O)CC1(CCCc2ccc3ccccc3c2)CCNC1=O. The average molecular weight is 311 g/mol. The Balaban J connectivity index is 1.66. The summed E-state index contributed by atoms with van der Waals surface area (Å²) in [6.07, 6.45) is 2.85. The van der Waals surface area contributed by atoms with Crippen molar-refractivity contribution in [3.63, 3.8) is 0 Å². The maximum absolute atomic E-state index is 12.1. The molecule has 120 valence electrons. The van der Waals surface area contributed by atoms with Crippen molar-refractivity contribution < 1.29 is 14.7 Å². The second kappa shape index (κ2) is 6.41. The molecule has 2 aromatic rings. The molecule has 23 heavy (non-hydrogen) atoms. The summed E-state index contributed by atoms with van der Waals surface area (Å²) in [7, 11) is 0. The number of carboxylic acid groups (broad SMARTS) is 1. The fraction of sp³-hybridized carbons (Fsp3) is 0.368. The van der Waals surface area contributed by atoms with Crippen molar-refractivity contribution in [2.75, 3.05) is 6.54 Å². The summed E-state index contributed by atoms with van der Waals surface area (Å²) in [6.45, 7) is 0.585. The molecule has 2 aromatic carbocycles. The molecule has 4 heteroatoms. The fourth-order valence-electron chi connectivity index (χ4n) is 3.53. The van der Waals surface area contributed by atoms with Gasteiger partial charge < -0.3 is 10.4 Å². The zero-order chi connectivity index (χ0) is 16.3. The van der Waals surface area contributed by atoms with E-state index < -0.39 is 11.4 Å². The van der Waals surface area contributed by atoms with Crippen molar-refractivity contribution in [1.29, 1.82) is 0 Å². The standard InChI is InChI=1S/C19H21NO3/c21-17(22)13-19(10-11-20-18(19)23)9-3-4-14-7-8-15-5-1-2-6-16(15)12-14/h1-2,5-8,12H,3-4,9-11,13H2,(H,20,23)(H,21,22). The zero-order valence-corrected chi connectivity index (χ0v) is 13.0. The Hall–Kier alpha value is -2.36. The molecule has 1 aliphatic rings. The van der Waals surface area contributed by atoms with Crippen molar-refractivity contribution in [1.82, 2.24) is 5.32 Å². The zero-order valence-electron chi connectivity index (χ0n) is 13.0. The highest BCUT2D eigenvalue weighted by Gasteiger charge is 2.43. The summed E-state index contributed by atoms with van der Waals surface area (Å²) < 4.78 is 0. The van der Waals surface area contributed by atoms with E-state index in [2.05, 4.69) is 35.6 Å². The van der Waals surface area contributed by atoms with Gasteiger partial charge in [-0.2, -0.15) is 0 Å². The molecule has 1 amide bonds. The maximum atomic E-state index is 12.1. The lowest BCUT2D eigenvalue weighted by molar-refractivity contribution is -0.144. The monoisotopic (exact) mass is 311 g/mol. The molecule has 1 unspecified atom stereocenters. The van der Waals surface area contributed by atoms with Crippen LogP contribution in [0.25, 0.3) is 10.8 Å². The van der Waals surface area contributed by atoms with E-state index in [9.17, 15) is 9.59 Å². The Labute approximate surface area is 135 Å². The molecule has 1 atom stereocenters. The number of fused-ring (bicyclic) bond motifs is 1. The minimum Gasteiger partial charge on any atom is -0.481 e. The third kappa shape index (κ3) is 3.36. The van der Waals surface area contributed by atoms with Crippen molar-refractivity contribution in [3.05, 3.63) is 48.0 Å². The van der Waals surface area contributed by atoms with Gasteiger partial charge >= 0.3 is 5.97 Å². The van der Waals surface area contributed by atoms with Gasteiger partial charge in [-0.25, -0.2) is 0 Å². The van der Waals surface area contributed by atoms with Crippen LogP contribution in [0.15, 0.2) is 42.5 Å². The van der Waals surface area contributed by atoms with Crippen LogP contribution < -0.4 is 5.32 Å². The van der Waals surface area contributed by atoms with Crippen LogP contribution in [-0.2, 0) is 16.0 Å². The van der Waals surface area contributed by atoms with Gasteiger partial charge in [0.05, 0.1) is 11.8 Å². The van der Waals surface area contributed by atoms with Gasteiger partial charge in [-0.1, -0.05) is 42.5 Å². The summed E-state index contributed by atoms with van der Waals surface area (Å²) in [5, 5.41) is 14.3. The molecular formula is C19H21NO3. The van der Waals surface area contributed by atoms with Crippen LogP contribution in [0.4, 0.5) is 0 Å². The molecule has 0 aromatic heterocycles. The number of benzene rings is 2. The highest BCUT2D eigenvalue weighted by molar-refractivity contribution is 5.88. The first-order valence-electron chi connectivity index (χ1n) is 8.07. The third-order valence-corrected chi connectivity index (χ3v) is 4.80. The van der Waals surface area contributed by atoms with Gasteiger partial charge in [0.1, 0.15) is 0 Å². The van der Waals surface area contributed by atoms with Gasteiger partial charge in [-0.3, -0.25) is 9.59 Å². The molecule has 1 aliphatic heterocycles. The molecule has 0 aliphatic carbocycles. The largest absolute Gasteiger partial charge is 0.481 e. The highest BCUT2D eigenvalue weighted by Crippen LogP contribution is 2.36. The fourth-order valence-corrected chi connectivity index (χ4v) is 3.53. The minimum atomic E-state index is -0.896. The van der Waals surface area contributed by atoms with E-state index in [1.807, 2.05) is 12.1 Å². The number of rotatable bonds is 6. The van der Waals surface area contributed by atoms with Crippen LogP contribution in [-0.4, -0.2) is 23.5 Å². The Kier molecular flexibility index (Phi) is 4.33. The van der Waals surface area contributed by atoms with E-state index in [1.54, 1.807) is 0 Å². The number of hydrogen-bond donors (Lipinski definition) is 2. The van der Waals surface area contributed by atoms with Crippen molar-refractivity contribution in [2.24, 2.45) is 5.41 Å². The lowest BCUT2D eigenvalue weighted by atomic mass is 9.78. The lowest BCUT2D eigenvalue weighted by Crippen LogP contribution is -2.33. The summed E-state index contributed by atoms with van der Waals surface area (Å²) in [6, 6.07) is 14.6. The molecule has 4 nitrogen and oxygen atoms in total. The van der Waals surface area contributed by atoms with Crippen molar-refractivity contribution in [3.8, 4) is 0 Å². The van der Waals surface area contributed by atoms with Crippen LogP contribution in [0.2, 0.25) is 0 Å². The number of hydrogen-bond acceptors (Lipinski definition) is 2. The van der Waals surface area contributed by atoms with E-state index in [0.29, 0.717) is 19.4 Å².